The summed E-state index contributed by atoms with van der Waals surface area (Å²) in [6.45, 7) is 7.14. The van der Waals surface area contributed by atoms with Crippen molar-refractivity contribution >= 4 is 5.91 Å². The fraction of sp³-hybridized carbons (Fsp3) is 0.381. The number of rotatable bonds is 6. The van der Waals surface area contributed by atoms with Crippen LogP contribution in [0.4, 0.5) is 0 Å². The lowest BCUT2D eigenvalue weighted by Crippen LogP contribution is -2.42. The van der Waals surface area contributed by atoms with E-state index < -0.39 is 0 Å². The number of nitrogens with one attached hydrogen (secondary N) is 1. The van der Waals surface area contributed by atoms with Gasteiger partial charge < -0.3 is 19.5 Å². The number of aryl methyl sites for hydroxylation is 1. The number of hydrogen-bond donors (Lipinski definition) is 1. The zero-order valence-corrected chi connectivity index (χ0v) is 15.5. The number of carbonyl (C=O) groups is 1. The smallest absolute Gasteiger partial charge is 0.258 e. The quantitative estimate of drug-likeness (QED) is 0.862. The molecular weight excluding hydrogens is 330 g/mol. The maximum atomic E-state index is 12.0. The third-order valence-electron chi connectivity index (χ3n) is 4.33. The van der Waals surface area contributed by atoms with Gasteiger partial charge in [0.15, 0.2) is 18.1 Å². The fourth-order valence-electron chi connectivity index (χ4n) is 2.98. The summed E-state index contributed by atoms with van der Waals surface area (Å²) in [6, 6.07) is 13.4. The summed E-state index contributed by atoms with van der Waals surface area (Å²) in [5.41, 5.74) is 2.46. The Morgan fingerprint density at radius 1 is 1.23 bits per heavy atom. The zero-order valence-electron chi connectivity index (χ0n) is 15.5. The first-order valence-electron chi connectivity index (χ1n) is 8.91. The number of para-hydroxylation sites is 2. The third kappa shape index (κ3) is 4.48. The lowest BCUT2D eigenvalue weighted by atomic mass is 9.98. The molecule has 0 spiro atoms. The number of benzene rings is 2. The largest absolute Gasteiger partial charge is 0.486 e. The van der Waals surface area contributed by atoms with Crippen molar-refractivity contribution in [2.24, 2.45) is 0 Å². The Bertz CT molecular complexity index is 772. The molecule has 3 rings (SSSR count). The highest BCUT2D eigenvalue weighted by molar-refractivity contribution is 5.77. The molecule has 5 heteroatoms. The summed E-state index contributed by atoms with van der Waals surface area (Å²) < 4.78 is 17.0. The molecule has 1 unspecified atom stereocenters. The molecule has 2 aromatic carbocycles. The van der Waals surface area contributed by atoms with Gasteiger partial charge in [-0.05, 0) is 48.2 Å². The van der Waals surface area contributed by atoms with Crippen LogP contribution in [-0.2, 0) is 4.79 Å². The molecule has 138 valence electrons. The van der Waals surface area contributed by atoms with Crippen molar-refractivity contribution < 1.29 is 19.0 Å². The van der Waals surface area contributed by atoms with Crippen LogP contribution in [-0.4, -0.2) is 31.8 Å². The van der Waals surface area contributed by atoms with E-state index in [-0.39, 0.29) is 18.6 Å². The van der Waals surface area contributed by atoms with Crippen LogP contribution in [0.15, 0.2) is 42.5 Å². The van der Waals surface area contributed by atoms with E-state index in [0.717, 1.165) is 5.75 Å². The molecule has 1 N–H and O–H groups in total. The van der Waals surface area contributed by atoms with Crippen LogP contribution < -0.4 is 19.5 Å². The van der Waals surface area contributed by atoms with Crippen molar-refractivity contribution in [2.45, 2.75) is 32.8 Å². The summed E-state index contributed by atoms with van der Waals surface area (Å²) in [7, 11) is 0. The summed E-state index contributed by atoms with van der Waals surface area (Å²) >= 11 is 0. The highest BCUT2D eigenvalue weighted by Crippen LogP contribution is 2.30. The Balaban J connectivity index is 1.44. The SMILES string of the molecule is Cc1cc(OCC(=O)NCC2COc3ccccc3O2)ccc1C(C)C. The number of amides is 1. The number of carbonyl (C=O) groups excluding carboxylic acids is 1. The average molecular weight is 355 g/mol. The van der Waals surface area contributed by atoms with Crippen LogP contribution in [0.2, 0.25) is 0 Å². The Hall–Kier alpha value is -2.69. The van der Waals surface area contributed by atoms with Crippen LogP contribution in [0.1, 0.15) is 30.9 Å². The average Bonchev–Trinajstić information content (AvgIpc) is 2.64. The van der Waals surface area contributed by atoms with Crippen molar-refractivity contribution in [3.63, 3.8) is 0 Å². The van der Waals surface area contributed by atoms with E-state index in [1.165, 1.54) is 11.1 Å². The Kier molecular flexibility index (Phi) is 5.66. The van der Waals surface area contributed by atoms with Gasteiger partial charge in [0.05, 0.1) is 6.54 Å². The van der Waals surface area contributed by atoms with Gasteiger partial charge in [0.25, 0.3) is 5.91 Å². The first kappa shape index (κ1) is 18.1. The van der Waals surface area contributed by atoms with Gasteiger partial charge in [0.2, 0.25) is 0 Å². The molecule has 1 aliphatic heterocycles. The van der Waals surface area contributed by atoms with E-state index in [0.29, 0.717) is 30.6 Å². The van der Waals surface area contributed by atoms with Gasteiger partial charge in [-0.25, -0.2) is 0 Å². The molecule has 1 atom stereocenters. The van der Waals surface area contributed by atoms with Crippen molar-refractivity contribution in [3.8, 4) is 17.2 Å². The standard InChI is InChI=1S/C21H25NO4/c1-14(2)18-9-8-16(10-15(18)3)24-13-21(23)22-11-17-12-25-19-6-4-5-7-20(19)26-17/h4-10,14,17H,11-13H2,1-3H3,(H,22,23). The lowest BCUT2D eigenvalue weighted by Gasteiger charge is -2.26. The van der Waals surface area contributed by atoms with Crippen molar-refractivity contribution in [1.82, 2.24) is 5.32 Å². The molecule has 26 heavy (non-hydrogen) atoms. The van der Waals surface area contributed by atoms with Crippen molar-refractivity contribution in [2.75, 3.05) is 19.8 Å². The van der Waals surface area contributed by atoms with Crippen LogP contribution in [0.25, 0.3) is 0 Å². The second-order valence-electron chi connectivity index (χ2n) is 6.76. The molecule has 0 saturated heterocycles. The Labute approximate surface area is 154 Å². The van der Waals surface area contributed by atoms with Crippen LogP contribution in [0.5, 0.6) is 17.2 Å². The van der Waals surface area contributed by atoms with E-state index in [2.05, 4.69) is 32.2 Å². The van der Waals surface area contributed by atoms with Gasteiger partial charge in [-0.1, -0.05) is 32.0 Å². The molecule has 0 radical (unpaired) electrons. The minimum atomic E-state index is -0.207. The second-order valence-corrected chi connectivity index (χ2v) is 6.76. The lowest BCUT2D eigenvalue weighted by molar-refractivity contribution is -0.123. The Morgan fingerprint density at radius 3 is 2.73 bits per heavy atom. The van der Waals surface area contributed by atoms with Gasteiger partial charge in [0, 0.05) is 0 Å². The molecule has 0 fully saturated rings. The fourth-order valence-corrected chi connectivity index (χ4v) is 2.98. The first-order valence-corrected chi connectivity index (χ1v) is 8.91. The predicted octanol–water partition coefficient (Wildman–Crippen LogP) is 3.45. The molecule has 0 saturated carbocycles. The molecule has 0 aromatic heterocycles. The molecule has 5 nitrogen and oxygen atoms in total. The minimum absolute atomic E-state index is 0.0232. The molecule has 1 heterocycles. The highest BCUT2D eigenvalue weighted by atomic mass is 16.6. The number of ether oxygens (including phenoxy) is 3. The molecule has 2 aromatic rings. The molecule has 0 bridgehead atoms. The van der Waals surface area contributed by atoms with Gasteiger partial charge in [-0.3, -0.25) is 4.79 Å². The monoisotopic (exact) mass is 355 g/mol. The summed E-state index contributed by atoms with van der Waals surface area (Å²) in [6.07, 6.45) is -0.207. The third-order valence-corrected chi connectivity index (χ3v) is 4.33. The Morgan fingerprint density at radius 2 is 2.00 bits per heavy atom. The maximum absolute atomic E-state index is 12.0. The second kappa shape index (κ2) is 8.13. The topological polar surface area (TPSA) is 56.8 Å². The van der Waals surface area contributed by atoms with Gasteiger partial charge in [-0.15, -0.1) is 0 Å². The van der Waals surface area contributed by atoms with Gasteiger partial charge >= 0.3 is 0 Å². The summed E-state index contributed by atoms with van der Waals surface area (Å²) in [5.74, 6) is 2.43. The maximum Gasteiger partial charge on any atom is 0.258 e. The van der Waals surface area contributed by atoms with E-state index in [9.17, 15) is 4.79 Å². The van der Waals surface area contributed by atoms with E-state index in [1.807, 2.05) is 36.4 Å². The van der Waals surface area contributed by atoms with E-state index >= 15 is 0 Å². The van der Waals surface area contributed by atoms with Gasteiger partial charge in [0.1, 0.15) is 18.5 Å². The minimum Gasteiger partial charge on any atom is -0.486 e. The van der Waals surface area contributed by atoms with Crippen LogP contribution in [0, 0.1) is 6.92 Å². The summed E-state index contributed by atoms with van der Waals surface area (Å²) in [4.78, 5) is 12.0. The van der Waals surface area contributed by atoms with Crippen LogP contribution in [0.3, 0.4) is 0 Å². The predicted molar refractivity (Wildman–Crippen MR) is 100 cm³/mol. The molecule has 1 amide bonds. The van der Waals surface area contributed by atoms with E-state index in [1.54, 1.807) is 0 Å². The van der Waals surface area contributed by atoms with Crippen molar-refractivity contribution in [1.29, 1.82) is 0 Å². The molecule has 1 aliphatic rings. The number of fused-ring (bicyclic) bond motifs is 1. The van der Waals surface area contributed by atoms with Crippen LogP contribution >= 0.6 is 0 Å². The van der Waals surface area contributed by atoms with Gasteiger partial charge in [-0.2, -0.15) is 0 Å². The molecule has 0 aliphatic carbocycles. The molecular formula is C21H25NO4. The normalized spacial score (nSPS) is 15.6. The van der Waals surface area contributed by atoms with E-state index in [4.69, 9.17) is 14.2 Å². The highest BCUT2D eigenvalue weighted by Gasteiger charge is 2.21. The first-order chi connectivity index (χ1) is 12.5. The number of hydrogen-bond acceptors (Lipinski definition) is 4. The summed E-state index contributed by atoms with van der Waals surface area (Å²) in [5, 5.41) is 2.83. The van der Waals surface area contributed by atoms with Crippen molar-refractivity contribution in [3.05, 3.63) is 53.6 Å². The zero-order chi connectivity index (χ0) is 18.5.